The summed E-state index contributed by atoms with van der Waals surface area (Å²) in [6.45, 7) is 1.96. The predicted octanol–water partition coefficient (Wildman–Crippen LogP) is 5.92. The van der Waals surface area contributed by atoms with Gasteiger partial charge in [0.05, 0.1) is 22.9 Å². The van der Waals surface area contributed by atoms with Crippen molar-refractivity contribution < 1.29 is 31.1 Å². The zero-order chi connectivity index (χ0) is 23.6. The van der Waals surface area contributed by atoms with Crippen LogP contribution in [0.2, 0.25) is 0 Å². The highest BCUT2D eigenvalue weighted by atomic mass is 19.4. The van der Waals surface area contributed by atoms with Gasteiger partial charge in [-0.15, -0.1) is 0 Å². The normalized spacial score (nSPS) is 23.3. The number of rotatable bonds is 5. The molecule has 3 rings (SSSR count). The summed E-state index contributed by atoms with van der Waals surface area (Å²) in [6, 6.07) is 11.0. The molecule has 9 heteroatoms. The van der Waals surface area contributed by atoms with Gasteiger partial charge in [0.2, 0.25) is 0 Å². The van der Waals surface area contributed by atoms with Gasteiger partial charge in [-0.3, -0.25) is 0 Å². The number of piperidine rings is 1. The first kappa shape index (κ1) is 24.1. The molecule has 1 unspecified atom stereocenters. The Balaban J connectivity index is 1.85. The van der Waals surface area contributed by atoms with E-state index in [1.807, 2.05) is 30.3 Å². The Morgan fingerprint density at radius 3 is 2.12 bits per heavy atom. The smallest absolute Gasteiger partial charge is 0.416 e. The average molecular weight is 458 g/mol. The Morgan fingerprint density at radius 1 is 1.03 bits per heavy atom. The number of benzene rings is 2. The molecule has 0 aliphatic carbocycles. The Bertz CT molecular complexity index is 899. The van der Waals surface area contributed by atoms with E-state index in [4.69, 9.17) is 10.5 Å². The monoisotopic (exact) mass is 458 g/mol. The van der Waals surface area contributed by atoms with E-state index in [2.05, 4.69) is 5.32 Å². The van der Waals surface area contributed by atoms with Crippen LogP contribution < -0.4 is 11.1 Å². The summed E-state index contributed by atoms with van der Waals surface area (Å²) in [6.07, 6.45) is -6.38. The Kier molecular flexibility index (Phi) is 6.90. The minimum Gasteiger partial charge on any atom is -0.494 e. The van der Waals surface area contributed by atoms with Crippen molar-refractivity contribution >= 4 is 0 Å². The van der Waals surface area contributed by atoms with Gasteiger partial charge < -0.3 is 15.8 Å². The maximum Gasteiger partial charge on any atom is 0.416 e. The first-order valence-electron chi connectivity index (χ1n) is 10.1. The molecule has 2 aromatic rings. The molecule has 0 spiro atoms. The second-order valence-corrected chi connectivity index (χ2v) is 7.94. The van der Waals surface area contributed by atoms with Crippen LogP contribution in [0.4, 0.5) is 26.3 Å². The lowest BCUT2D eigenvalue weighted by atomic mass is 9.81. The van der Waals surface area contributed by atoms with E-state index in [0.29, 0.717) is 25.1 Å². The molecule has 3 N–H and O–H groups in total. The largest absolute Gasteiger partial charge is 0.494 e. The van der Waals surface area contributed by atoms with E-state index in [0.717, 1.165) is 12.0 Å². The SMILES string of the molecule is C[C@@H](O/C=C/[C@@]1(c2ccccc2)CCC(N)CN1)c1cc(C(F)(F)F)cc(C(F)(F)F)c1. The quantitative estimate of drug-likeness (QED) is 0.432. The molecule has 1 aliphatic rings. The molecular formula is C23H24F6N2O. The lowest BCUT2D eigenvalue weighted by Crippen LogP contribution is -2.51. The lowest BCUT2D eigenvalue weighted by Gasteiger charge is -2.38. The fourth-order valence-corrected chi connectivity index (χ4v) is 3.70. The van der Waals surface area contributed by atoms with Crippen LogP contribution in [0, 0.1) is 0 Å². The summed E-state index contributed by atoms with van der Waals surface area (Å²) in [5.41, 5.74) is 3.39. The molecule has 32 heavy (non-hydrogen) atoms. The van der Waals surface area contributed by atoms with Crippen LogP contribution in [0.3, 0.4) is 0 Å². The number of hydrogen-bond acceptors (Lipinski definition) is 3. The van der Waals surface area contributed by atoms with E-state index >= 15 is 0 Å². The third-order valence-electron chi connectivity index (χ3n) is 5.59. The standard InChI is InChI=1S/C23H24F6N2O/c1-15(16-11-18(22(24,25)26)13-19(12-16)23(27,28)29)32-10-9-21(8-7-20(30)14-31-21)17-5-3-2-4-6-17/h2-6,9-13,15,20,31H,7-8,14,30H2,1H3/b10-9+/t15-,20?,21-/m1/s1. The first-order valence-corrected chi connectivity index (χ1v) is 10.1. The van der Waals surface area contributed by atoms with Crippen LogP contribution >= 0.6 is 0 Å². The minimum atomic E-state index is -4.91. The number of alkyl halides is 6. The highest BCUT2D eigenvalue weighted by Gasteiger charge is 2.37. The van der Waals surface area contributed by atoms with Crippen LogP contribution in [0.1, 0.15) is 48.1 Å². The van der Waals surface area contributed by atoms with Gasteiger partial charge in [0.25, 0.3) is 0 Å². The van der Waals surface area contributed by atoms with Crippen LogP contribution in [-0.4, -0.2) is 12.6 Å². The Labute approximate surface area is 182 Å². The molecule has 174 valence electrons. The van der Waals surface area contributed by atoms with Gasteiger partial charge >= 0.3 is 12.4 Å². The third-order valence-corrected chi connectivity index (χ3v) is 5.59. The summed E-state index contributed by atoms with van der Waals surface area (Å²) in [4.78, 5) is 0. The summed E-state index contributed by atoms with van der Waals surface area (Å²) in [5.74, 6) is 0. The highest BCUT2D eigenvalue weighted by Crippen LogP contribution is 2.38. The van der Waals surface area contributed by atoms with Crippen LogP contribution in [0.5, 0.6) is 0 Å². The zero-order valence-corrected chi connectivity index (χ0v) is 17.3. The molecule has 0 saturated carbocycles. The summed E-state index contributed by atoms with van der Waals surface area (Å²) in [7, 11) is 0. The lowest BCUT2D eigenvalue weighted by molar-refractivity contribution is -0.143. The molecule has 1 fully saturated rings. The van der Waals surface area contributed by atoms with E-state index < -0.39 is 35.1 Å². The van der Waals surface area contributed by atoms with Crippen molar-refractivity contribution in [2.75, 3.05) is 6.54 Å². The second-order valence-electron chi connectivity index (χ2n) is 7.94. The van der Waals surface area contributed by atoms with E-state index in [1.165, 1.54) is 13.2 Å². The molecule has 0 bridgehead atoms. The molecular weight excluding hydrogens is 434 g/mol. The molecule has 0 aromatic heterocycles. The van der Waals surface area contributed by atoms with Crippen molar-refractivity contribution in [2.45, 2.75) is 49.8 Å². The first-order chi connectivity index (χ1) is 14.9. The van der Waals surface area contributed by atoms with Gasteiger partial charge in [-0.05, 0) is 55.2 Å². The molecule has 1 saturated heterocycles. The van der Waals surface area contributed by atoms with Gasteiger partial charge in [0.15, 0.2) is 0 Å². The average Bonchev–Trinajstić information content (AvgIpc) is 2.74. The van der Waals surface area contributed by atoms with E-state index in [-0.39, 0.29) is 17.7 Å². The topological polar surface area (TPSA) is 47.3 Å². The third kappa shape index (κ3) is 5.63. The molecule has 3 nitrogen and oxygen atoms in total. The number of nitrogens with one attached hydrogen (secondary N) is 1. The van der Waals surface area contributed by atoms with Gasteiger partial charge in [-0.25, -0.2) is 0 Å². The molecule has 3 atom stereocenters. The van der Waals surface area contributed by atoms with Crippen LogP contribution in [-0.2, 0) is 22.6 Å². The van der Waals surface area contributed by atoms with E-state index in [1.54, 1.807) is 6.08 Å². The predicted molar refractivity (Wildman–Crippen MR) is 108 cm³/mol. The van der Waals surface area contributed by atoms with E-state index in [9.17, 15) is 26.3 Å². The maximum atomic E-state index is 13.1. The second kappa shape index (κ2) is 9.15. The highest BCUT2D eigenvalue weighted by molar-refractivity contribution is 5.35. The summed E-state index contributed by atoms with van der Waals surface area (Å²) < 4.78 is 84.3. The van der Waals surface area contributed by atoms with Crippen molar-refractivity contribution in [1.82, 2.24) is 5.32 Å². The van der Waals surface area contributed by atoms with Crippen LogP contribution in [0.15, 0.2) is 60.9 Å². The Morgan fingerprint density at radius 2 is 1.62 bits per heavy atom. The molecule has 0 amide bonds. The molecule has 1 aliphatic heterocycles. The van der Waals surface area contributed by atoms with Gasteiger partial charge in [-0.2, -0.15) is 26.3 Å². The number of hydrogen-bond donors (Lipinski definition) is 2. The number of ether oxygens (including phenoxy) is 1. The zero-order valence-electron chi connectivity index (χ0n) is 17.3. The fraction of sp³-hybridized carbons (Fsp3) is 0.391. The van der Waals surface area contributed by atoms with Crippen LogP contribution in [0.25, 0.3) is 0 Å². The molecule has 0 radical (unpaired) electrons. The minimum absolute atomic E-state index is 0.00835. The van der Waals surface area contributed by atoms with Crippen molar-refractivity contribution in [2.24, 2.45) is 5.73 Å². The van der Waals surface area contributed by atoms with Crippen molar-refractivity contribution in [1.29, 1.82) is 0 Å². The van der Waals surface area contributed by atoms with Gasteiger partial charge in [0, 0.05) is 12.6 Å². The Hall–Kier alpha value is -2.52. The van der Waals surface area contributed by atoms with Gasteiger partial charge in [0.1, 0.15) is 6.10 Å². The maximum absolute atomic E-state index is 13.1. The van der Waals surface area contributed by atoms with Gasteiger partial charge in [-0.1, -0.05) is 30.3 Å². The molecule has 1 heterocycles. The number of nitrogens with two attached hydrogens (primary N) is 1. The number of halogens is 6. The fourth-order valence-electron chi connectivity index (χ4n) is 3.70. The van der Waals surface area contributed by atoms with Crippen molar-refractivity contribution in [3.63, 3.8) is 0 Å². The summed E-state index contributed by atoms with van der Waals surface area (Å²) >= 11 is 0. The molecule has 2 aromatic carbocycles. The summed E-state index contributed by atoms with van der Waals surface area (Å²) in [5, 5.41) is 3.38. The van der Waals surface area contributed by atoms with Crippen molar-refractivity contribution in [3.8, 4) is 0 Å². The van der Waals surface area contributed by atoms with Crippen molar-refractivity contribution in [3.05, 3.63) is 83.1 Å².